The Kier molecular flexibility index (Phi) is 3.46. The van der Waals surface area contributed by atoms with E-state index in [2.05, 4.69) is 18.7 Å². The molecule has 0 aromatic heterocycles. The fraction of sp³-hybridized carbons (Fsp3) is 0.500. The third-order valence-corrected chi connectivity index (χ3v) is 3.64. The molecule has 0 unspecified atom stereocenters. The first-order valence-corrected chi connectivity index (χ1v) is 6.28. The summed E-state index contributed by atoms with van der Waals surface area (Å²) in [6.45, 7) is 6.02. The lowest BCUT2D eigenvalue weighted by atomic mass is 10.0. The highest BCUT2D eigenvalue weighted by atomic mass is 19.1. The zero-order valence-electron chi connectivity index (χ0n) is 10.5. The third-order valence-electron chi connectivity index (χ3n) is 3.64. The lowest BCUT2D eigenvalue weighted by molar-refractivity contribution is 0.327. The summed E-state index contributed by atoms with van der Waals surface area (Å²) < 4.78 is 13.1. The number of hydrogen-bond donors (Lipinski definition) is 1. The summed E-state index contributed by atoms with van der Waals surface area (Å²) in [5.74, 6) is 0.846. The van der Waals surface area contributed by atoms with E-state index in [-0.39, 0.29) is 5.82 Å². The zero-order chi connectivity index (χ0) is 12.4. The van der Waals surface area contributed by atoms with Crippen molar-refractivity contribution >= 4 is 5.84 Å². The lowest BCUT2D eigenvalue weighted by Crippen LogP contribution is -2.29. The smallest absolute Gasteiger partial charge is 0.128 e. The molecule has 17 heavy (non-hydrogen) atoms. The Bertz CT molecular complexity index is 424. The maximum absolute atomic E-state index is 13.1. The summed E-state index contributed by atoms with van der Waals surface area (Å²) >= 11 is 0. The van der Waals surface area contributed by atoms with Crippen molar-refractivity contribution in [2.75, 3.05) is 6.54 Å². The van der Waals surface area contributed by atoms with Gasteiger partial charge in [0.05, 0.1) is 0 Å². The minimum atomic E-state index is -0.252. The van der Waals surface area contributed by atoms with Crippen molar-refractivity contribution in [2.45, 2.75) is 33.2 Å². The van der Waals surface area contributed by atoms with Crippen LogP contribution in [0.4, 0.5) is 4.39 Å². The van der Waals surface area contributed by atoms with Crippen LogP contribution < -0.4 is 0 Å². The molecule has 2 rings (SSSR count). The molecule has 1 aromatic rings. The number of hydrogen-bond acceptors (Lipinski definition) is 1. The Balaban J connectivity index is 2.14. The summed E-state index contributed by atoms with van der Waals surface area (Å²) in [6, 6.07) is 4.75. The van der Waals surface area contributed by atoms with Gasteiger partial charge in [-0.25, -0.2) is 4.39 Å². The van der Waals surface area contributed by atoms with Crippen LogP contribution in [0.3, 0.4) is 0 Å². The molecule has 0 atom stereocenters. The fourth-order valence-corrected chi connectivity index (χ4v) is 2.38. The van der Waals surface area contributed by atoms with Gasteiger partial charge in [0.15, 0.2) is 0 Å². The largest absolute Gasteiger partial charge is 0.352 e. The molecule has 0 saturated heterocycles. The van der Waals surface area contributed by atoms with Gasteiger partial charge in [0, 0.05) is 18.7 Å². The molecule has 0 saturated carbocycles. The Morgan fingerprint density at radius 3 is 2.71 bits per heavy atom. The highest BCUT2D eigenvalue weighted by molar-refractivity contribution is 6.00. The minimum absolute atomic E-state index is 0.252. The van der Waals surface area contributed by atoms with Gasteiger partial charge >= 0.3 is 0 Å². The molecule has 1 N–H and O–H groups in total. The van der Waals surface area contributed by atoms with Gasteiger partial charge in [0.2, 0.25) is 0 Å². The second-order valence-corrected chi connectivity index (χ2v) is 4.71. The number of nitrogens with zero attached hydrogens (tertiary/aromatic N) is 1. The van der Waals surface area contributed by atoms with E-state index in [9.17, 15) is 4.39 Å². The molecule has 1 heterocycles. The molecule has 0 spiro atoms. The average Bonchev–Trinajstić information content (AvgIpc) is 2.63. The monoisotopic (exact) mass is 234 g/mol. The van der Waals surface area contributed by atoms with E-state index in [0.717, 1.165) is 37.1 Å². The Hall–Kier alpha value is -1.38. The predicted octanol–water partition coefficient (Wildman–Crippen LogP) is 3.40. The van der Waals surface area contributed by atoms with Crippen LogP contribution in [0.25, 0.3) is 0 Å². The zero-order valence-corrected chi connectivity index (χ0v) is 10.5. The van der Waals surface area contributed by atoms with Crippen molar-refractivity contribution in [3.8, 4) is 0 Å². The molecule has 2 nitrogen and oxygen atoms in total. The van der Waals surface area contributed by atoms with Crippen LogP contribution >= 0.6 is 0 Å². The van der Waals surface area contributed by atoms with Gasteiger partial charge in [-0.1, -0.05) is 32.8 Å². The molecule has 1 aliphatic rings. The Labute approximate surface area is 102 Å². The van der Waals surface area contributed by atoms with E-state index in [0.29, 0.717) is 11.8 Å². The topological polar surface area (TPSA) is 27.1 Å². The maximum Gasteiger partial charge on any atom is 0.128 e. The molecule has 0 fully saturated rings. The molecule has 92 valence electrons. The molecule has 0 radical (unpaired) electrons. The van der Waals surface area contributed by atoms with Gasteiger partial charge in [0.1, 0.15) is 11.7 Å². The van der Waals surface area contributed by atoms with Gasteiger partial charge < -0.3 is 4.90 Å². The molecular formula is C14H19FN2. The summed E-state index contributed by atoms with van der Waals surface area (Å²) in [6.07, 6.45) is 2.26. The van der Waals surface area contributed by atoms with Crippen LogP contribution in [0, 0.1) is 17.1 Å². The van der Waals surface area contributed by atoms with E-state index in [1.807, 2.05) is 0 Å². The predicted molar refractivity (Wildman–Crippen MR) is 67.7 cm³/mol. The number of rotatable bonds is 4. The Morgan fingerprint density at radius 2 is 2.06 bits per heavy atom. The number of amidine groups is 1. The first-order valence-electron chi connectivity index (χ1n) is 6.28. The van der Waals surface area contributed by atoms with Crippen molar-refractivity contribution in [1.82, 2.24) is 4.90 Å². The van der Waals surface area contributed by atoms with Crippen molar-refractivity contribution < 1.29 is 4.39 Å². The molecule has 0 aliphatic carbocycles. The SMILES string of the molecule is CCC(CC)CN1Cc2ccc(F)cc2C1=N. The van der Waals surface area contributed by atoms with Crippen LogP contribution in [0.2, 0.25) is 0 Å². The third kappa shape index (κ3) is 2.33. The van der Waals surface area contributed by atoms with Gasteiger partial charge in [-0.15, -0.1) is 0 Å². The van der Waals surface area contributed by atoms with Gasteiger partial charge in [0.25, 0.3) is 0 Å². The molecular weight excluding hydrogens is 215 g/mol. The van der Waals surface area contributed by atoms with Crippen molar-refractivity contribution in [2.24, 2.45) is 5.92 Å². The lowest BCUT2D eigenvalue weighted by Gasteiger charge is -2.23. The molecule has 0 amide bonds. The van der Waals surface area contributed by atoms with Crippen molar-refractivity contribution in [1.29, 1.82) is 5.41 Å². The van der Waals surface area contributed by atoms with Gasteiger partial charge in [-0.2, -0.15) is 0 Å². The Morgan fingerprint density at radius 1 is 1.35 bits per heavy atom. The molecule has 0 bridgehead atoms. The van der Waals surface area contributed by atoms with Crippen molar-refractivity contribution in [3.05, 3.63) is 35.1 Å². The van der Waals surface area contributed by atoms with Gasteiger partial charge in [-0.05, 0) is 23.6 Å². The summed E-state index contributed by atoms with van der Waals surface area (Å²) in [5, 5.41) is 8.09. The van der Waals surface area contributed by atoms with E-state index < -0.39 is 0 Å². The highest BCUT2D eigenvalue weighted by Gasteiger charge is 2.25. The van der Waals surface area contributed by atoms with Crippen molar-refractivity contribution in [3.63, 3.8) is 0 Å². The molecule has 1 aliphatic heterocycles. The van der Waals surface area contributed by atoms with E-state index in [1.165, 1.54) is 12.1 Å². The quantitative estimate of drug-likeness (QED) is 0.849. The average molecular weight is 234 g/mol. The number of fused-ring (bicyclic) bond motifs is 1. The molecule has 1 aromatic carbocycles. The van der Waals surface area contributed by atoms with Crippen LogP contribution in [-0.2, 0) is 6.54 Å². The fourth-order valence-electron chi connectivity index (χ4n) is 2.38. The normalized spacial score (nSPS) is 14.6. The molecule has 3 heteroatoms. The van der Waals surface area contributed by atoms with Gasteiger partial charge in [-0.3, -0.25) is 5.41 Å². The van der Waals surface area contributed by atoms with Crippen LogP contribution in [-0.4, -0.2) is 17.3 Å². The summed E-state index contributed by atoms with van der Waals surface area (Å²) in [4.78, 5) is 2.06. The minimum Gasteiger partial charge on any atom is -0.352 e. The van der Waals surface area contributed by atoms with E-state index in [4.69, 9.17) is 5.41 Å². The second-order valence-electron chi connectivity index (χ2n) is 4.71. The first-order chi connectivity index (χ1) is 8.15. The maximum atomic E-state index is 13.1. The van der Waals surface area contributed by atoms with Crippen LogP contribution in [0.5, 0.6) is 0 Å². The first kappa shape index (κ1) is 12.1. The van der Waals surface area contributed by atoms with Crippen LogP contribution in [0.1, 0.15) is 37.8 Å². The van der Waals surface area contributed by atoms with E-state index in [1.54, 1.807) is 6.07 Å². The van der Waals surface area contributed by atoms with Crippen LogP contribution in [0.15, 0.2) is 18.2 Å². The standard InChI is InChI=1S/C14H19FN2/c1-3-10(4-2)8-17-9-11-5-6-12(15)7-13(11)14(17)16/h5-7,10,16H,3-4,8-9H2,1-2H3. The van der Waals surface area contributed by atoms with E-state index >= 15 is 0 Å². The highest BCUT2D eigenvalue weighted by Crippen LogP contribution is 2.25. The number of benzene rings is 1. The summed E-state index contributed by atoms with van der Waals surface area (Å²) in [7, 11) is 0. The second kappa shape index (κ2) is 4.86. The summed E-state index contributed by atoms with van der Waals surface area (Å²) in [5.41, 5.74) is 1.83. The number of nitrogens with one attached hydrogen (secondary N) is 1. The number of halogens is 1.